The first-order valence-electron chi connectivity index (χ1n) is 5.57. The Morgan fingerprint density at radius 1 is 1.24 bits per heavy atom. The van der Waals surface area contributed by atoms with Gasteiger partial charge >= 0.3 is 6.18 Å². The Hall–Kier alpha value is -2.15. The molecule has 2 aromatic rings. The summed E-state index contributed by atoms with van der Waals surface area (Å²) in [4.78, 5) is 15.1. The molecule has 0 aliphatic heterocycles. The van der Waals surface area contributed by atoms with Crippen molar-refractivity contribution in [3.05, 3.63) is 58.6 Å². The molecule has 0 saturated heterocycles. The molecule has 0 fully saturated rings. The predicted molar refractivity (Wildman–Crippen MR) is 68.6 cm³/mol. The van der Waals surface area contributed by atoms with Gasteiger partial charge in [-0.1, -0.05) is 17.7 Å². The highest BCUT2D eigenvalue weighted by molar-refractivity contribution is 6.34. The minimum atomic E-state index is -4.68. The minimum absolute atomic E-state index is 0.171. The van der Waals surface area contributed by atoms with Crippen molar-refractivity contribution in [1.82, 2.24) is 4.98 Å². The maximum Gasteiger partial charge on any atom is 0.418 e. The van der Waals surface area contributed by atoms with Crippen molar-refractivity contribution in [1.29, 1.82) is 0 Å². The number of para-hydroxylation sites is 1. The number of nitrogens with one attached hydrogen (secondary N) is 1. The molecule has 1 N–H and O–H groups in total. The second-order valence-electron chi connectivity index (χ2n) is 3.98. The summed E-state index contributed by atoms with van der Waals surface area (Å²) < 4.78 is 51.5. The minimum Gasteiger partial charge on any atom is -0.320 e. The van der Waals surface area contributed by atoms with Gasteiger partial charge in [0.05, 0.1) is 16.3 Å². The fraction of sp³-hybridized carbons (Fsp3) is 0.0769. The average Bonchev–Trinajstić information content (AvgIpc) is 2.39. The third-order valence-electron chi connectivity index (χ3n) is 2.55. The lowest BCUT2D eigenvalue weighted by Crippen LogP contribution is -2.17. The van der Waals surface area contributed by atoms with Crippen LogP contribution in [0.15, 0.2) is 36.5 Å². The second-order valence-corrected chi connectivity index (χ2v) is 4.39. The Kier molecular flexibility index (Phi) is 4.13. The van der Waals surface area contributed by atoms with Gasteiger partial charge in [-0.25, -0.2) is 4.98 Å². The number of nitrogens with zero attached hydrogens (tertiary/aromatic N) is 1. The van der Waals surface area contributed by atoms with Crippen molar-refractivity contribution in [2.75, 3.05) is 5.32 Å². The van der Waals surface area contributed by atoms with Gasteiger partial charge < -0.3 is 5.32 Å². The summed E-state index contributed by atoms with van der Waals surface area (Å²) in [7, 11) is 0. The van der Waals surface area contributed by atoms with E-state index >= 15 is 0 Å². The summed E-state index contributed by atoms with van der Waals surface area (Å²) in [6, 6.07) is 5.09. The maximum absolute atomic E-state index is 12.9. The van der Waals surface area contributed by atoms with Crippen LogP contribution in [-0.2, 0) is 6.18 Å². The third kappa shape index (κ3) is 3.49. The second kappa shape index (κ2) is 5.69. The van der Waals surface area contributed by atoms with Crippen LogP contribution in [0, 0.1) is 5.95 Å². The number of pyridine rings is 1. The first-order chi connectivity index (χ1) is 9.79. The number of alkyl halides is 3. The molecule has 1 aromatic heterocycles. The number of carbonyl (C=O) groups excluding carboxylic acids is 1. The zero-order valence-electron chi connectivity index (χ0n) is 10.2. The quantitative estimate of drug-likeness (QED) is 0.668. The smallest absolute Gasteiger partial charge is 0.320 e. The highest BCUT2D eigenvalue weighted by Crippen LogP contribution is 2.38. The van der Waals surface area contributed by atoms with Gasteiger partial charge in [-0.3, -0.25) is 4.79 Å². The fourth-order valence-electron chi connectivity index (χ4n) is 1.62. The van der Waals surface area contributed by atoms with Crippen LogP contribution in [0.25, 0.3) is 0 Å². The predicted octanol–water partition coefficient (Wildman–Crippen LogP) is 4.15. The average molecular weight is 319 g/mol. The van der Waals surface area contributed by atoms with Gasteiger partial charge in [-0.15, -0.1) is 0 Å². The molecular weight excluding hydrogens is 312 g/mol. The van der Waals surface area contributed by atoms with Gasteiger partial charge in [0, 0.05) is 17.8 Å². The van der Waals surface area contributed by atoms with E-state index in [0.717, 1.165) is 24.4 Å². The largest absolute Gasteiger partial charge is 0.418 e. The SMILES string of the molecule is O=C(Nc1c(Cl)cccc1C(F)(F)F)c1ccnc(F)c1. The number of aromatic nitrogens is 1. The topological polar surface area (TPSA) is 42.0 Å². The molecule has 0 spiro atoms. The number of rotatable bonds is 2. The summed E-state index contributed by atoms with van der Waals surface area (Å²) in [5.41, 5.74) is -1.83. The summed E-state index contributed by atoms with van der Waals surface area (Å²) in [6.45, 7) is 0. The monoisotopic (exact) mass is 318 g/mol. The molecule has 0 aliphatic carbocycles. The molecule has 21 heavy (non-hydrogen) atoms. The molecule has 8 heteroatoms. The van der Waals surface area contributed by atoms with Gasteiger partial charge in [-0.05, 0) is 18.2 Å². The Balaban J connectivity index is 2.38. The van der Waals surface area contributed by atoms with Crippen molar-refractivity contribution in [3.63, 3.8) is 0 Å². The molecule has 2 rings (SSSR count). The Bertz CT molecular complexity index is 688. The van der Waals surface area contributed by atoms with E-state index in [2.05, 4.69) is 4.98 Å². The normalized spacial score (nSPS) is 11.3. The standard InChI is InChI=1S/C13H7ClF4N2O/c14-9-3-1-2-8(13(16,17)18)11(9)20-12(21)7-4-5-19-10(15)6-7/h1-6H,(H,20,21). The molecule has 0 atom stereocenters. The number of hydrogen-bond donors (Lipinski definition) is 1. The summed E-state index contributed by atoms with van der Waals surface area (Å²) in [5.74, 6) is -1.84. The molecule has 3 nitrogen and oxygen atoms in total. The Morgan fingerprint density at radius 3 is 2.57 bits per heavy atom. The molecule has 0 aliphatic rings. The van der Waals surface area contributed by atoms with E-state index in [1.807, 2.05) is 5.32 Å². The first kappa shape index (κ1) is 15.2. The van der Waals surface area contributed by atoms with Crippen LogP contribution in [0.1, 0.15) is 15.9 Å². The summed E-state index contributed by atoms with van der Waals surface area (Å²) in [6.07, 6.45) is -3.65. The van der Waals surface area contributed by atoms with E-state index in [9.17, 15) is 22.4 Å². The molecular formula is C13H7ClF4N2O. The van der Waals surface area contributed by atoms with Crippen molar-refractivity contribution in [2.45, 2.75) is 6.18 Å². The van der Waals surface area contributed by atoms with Crippen LogP contribution in [0.2, 0.25) is 5.02 Å². The van der Waals surface area contributed by atoms with E-state index in [0.29, 0.717) is 0 Å². The van der Waals surface area contributed by atoms with Gasteiger partial charge in [0.25, 0.3) is 5.91 Å². The van der Waals surface area contributed by atoms with Crippen molar-refractivity contribution < 1.29 is 22.4 Å². The third-order valence-corrected chi connectivity index (χ3v) is 2.86. The Morgan fingerprint density at radius 2 is 1.95 bits per heavy atom. The van der Waals surface area contributed by atoms with E-state index < -0.39 is 29.3 Å². The first-order valence-corrected chi connectivity index (χ1v) is 5.95. The van der Waals surface area contributed by atoms with Crippen molar-refractivity contribution in [2.24, 2.45) is 0 Å². The molecule has 1 aromatic carbocycles. The number of hydrogen-bond acceptors (Lipinski definition) is 2. The van der Waals surface area contributed by atoms with Crippen LogP contribution in [-0.4, -0.2) is 10.9 Å². The Labute approximate surface area is 121 Å². The van der Waals surface area contributed by atoms with E-state index in [1.165, 1.54) is 12.1 Å². The number of halogens is 5. The van der Waals surface area contributed by atoms with E-state index in [-0.39, 0.29) is 10.6 Å². The summed E-state index contributed by atoms with van der Waals surface area (Å²) >= 11 is 5.70. The molecule has 0 radical (unpaired) electrons. The van der Waals surface area contributed by atoms with Crippen LogP contribution in [0.3, 0.4) is 0 Å². The van der Waals surface area contributed by atoms with Gasteiger partial charge in [0.1, 0.15) is 0 Å². The molecule has 1 amide bonds. The van der Waals surface area contributed by atoms with Gasteiger partial charge in [0.2, 0.25) is 5.95 Å². The number of carbonyl (C=O) groups is 1. The highest BCUT2D eigenvalue weighted by Gasteiger charge is 2.34. The number of anilines is 1. The van der Waals surface area contributed by atoms with Crippen LogP contribution in [0.5, 0.6) is 0 Å². The zero-order chi connectivity index (χ0) is 15.6. The summed E-state index contributed by atoms with van der Waals surface area (Å²) in [5, 5.41) is 1.77. The van der Waals surface area contributed by atoms with Gasteiger partial charge in [0.15, 0.2) is 0 Å². The van der Waals surface area contributed by atoms with Crippen molar-refractivity contribution in [3.8, 4) is 0 Å². The van der Waals surface area contributed by atoms with E-state index in [4.69, 9.17) is 11.6 Å². The molecule has 0 saturated carbocycles. The molecule has 1 heterocycles. The van der Waals surface area contributed by atoms with Gasteiger partial charge in [-0.2, -0.15) is 17.6 Å². The lowest BCUT2D eigenvalue weighted by molar-refractivity contribution is -0.136. The number of benzene rings is 1. The van der Waals surface area contributed by atoms with Crippen LogP contribution < -0.4 is 5.32 Å². The molecule has 0 unspecified atom stereocenters. The zero-order valence-corrected chi connectivity index (χ0v) is 11.0. The lowest BCUT2D eigenvalue weighted by Gasteiger charge is -2.15. The van der Waals surface area contributed by atoms with Crippen LogP contribution >= 0.6 is 11.6 Å². The lowest BCUT2D eigenvalue weighted by atomic mass is 10.1. The van der Waals surface area contributed by atoms with Crippen LogP contribution in [0.4, 0.5) is 23.2 Å². The number of amides is 1. The maximum atomic E-state index is 12.9. The highest BCUT2D eigenvalue weighted by atomic mass is 35.5. The molecule has 0 bridgehead atoms. The van der Waals surface area contributed by atoms with E-state index in [1.54, 1.807) is 0 Å². The molecule has 110 valence electrons. The van der Waals surface area contributed by atoms with Crippen molar-refractivity contribution >= 4 is 23.2 Å². The fourth-order valence-corrected chi connectivity index (χ4v) is 1.84.